The second-order valence-corrected chi connectivity index (χ2v) is 8.58. The number of nitrogens with one attached hydrogen (secondary N) is 1. The Balaban J connectivity index is 2.51. The summed E-state index contributed by atoms with van der Waals surface area (Å²) in [5.41, 5.74) is -0.410. The van der Waals surface area contributed by atoms with Gasteiger partial charge in [-0.2, -0.15) is 0 Å². The van der Waals surface area contributed by atoms with E-state index in [0.29, 0.717) is 6.54 Å². The van der Waals surface area contributed by atoms with Gasteiger partial charge in [0.15, 0.2) is 0 Å². The van der Waals surface area contributed by atoms with Crippen LogP contribution in [0, 0.1) is 0 Å². The van der Waals surface area contributed by atoms with Crippen molar-refractivity contribution >= 4 is 10.0 Å². The van der Waals surface area contributed by atoms with Crippen molar-refractivity contribution in [1.82, 2.24) is 9.62 Å². The topological polar surface area (TPSA) is 58.6 Å². The average Bonchev–Trinajstić information content (AvgIpc) is 2.33. The fourth-order valence-corrected chi connectivity index (χ4v) is 3.17. The summed E-state index contributed by atoms with van der Waals surface area (Å²) < 4.78 is 30.5. The number of nitrogens with zero attached hydrogens (tertiary/aromatic N) is 1. The van der Waals surface area contributed by atoms with E-state index < -0.39 is 10.0 Å². The van der Waals surface area contributed by atoms with Gasteiger partial charge in [0.25, 0.3) is 0 Å². The van der Waals surface area contributed by atoms with Crippen LogP contribution in [0.1, 0.15) is 34.1 Å². The van der Waals surface area contributed by atoms with Gasteiger partial charge >= 0.3 is 0 Å². The van der Waals surface area contributed by atoms with E-state index in [1.54, 1.807) is 14.1 Å². The van der Waals surface area contributed by atoms with Crippen LogP contribution in [0.2, 0.25) is 0 Å². The number of ether oxygens (including phenoxy) is 1. The Labute approximate surface area is 111 Å². The summed E-state index contributed by atoms with van der Waals surface area (Å²) in [6.45, 7) is 8.66. The lowest BCUT2D eigenvalue weighted by Gasteiger charge is -2.28. The fraction of sp³-hybridized carbons (Fsp3) is 1.00. The van der Waals surface area contributed by atoms with Gasteiger partial charge in [0.1, 0.15) is 0 Å². The van der Waals surface area contributed by atoms with Crippen molar-refractivity contribution in [3.63, 3.8) is 0 Å². The molecule has 6 heteroatoms. The van der Waals surface area contributed by atoms with Crippen LogP contribution in [-0.2, 0) is 14.8 Å². The Hall–Kier alpha value is -0.170. The van der Waals surface area contributed by atoms with Crippen molar-refractivity contribution in [3.05, 3.63) is 0 Å². The molecule has 1 heterocycles. The summed E-state index contributed by atoms with van der Waals surface area (Å²) in [4.78, 5) is 0. The molecule has 0 spiro atoms. The second kappa shape index (κ2) is 5.07. The highest BCUT2D eigenvalue weighted by Gasteiger charge is 2.45. The molecule has 108 valence electrons. The van der Waals surface area contributed by atoms with Crippen LogP contribution in [0.15, 0.2) is 0 Å². The molecule has 0 amide bonds. The zero-order chi connectivity index (χ0) is 14.2. The Morgan fingerprint density at radius 1 is 1.28 bits per heavy atom. The van der Waals surface area contributed by atoms with Crippen molar-refractivity contribution in [2.45, 2.75) is 51.4 Å². The smallest absolute Gasteiger partial charge is 0.214 e. The van der Waals surface area contributed by atoms with Gasteiger partial charge in [0.2, 0.25) is 10.0 Å². The largest absolute Gasteiger partial charge is 0.368 e. The molecule has 1 rings (SSSR count). The molecule has 0 aromatic carbocycles. The van der Waals surface area contributed by atoms with Gasteiger partial charge in [-0.05, 0) is 34.1 Å². The third-order valence-electron chi connectivity index (χ3n) is 3.38. The van der Waals surface area contributed by atoms with Crippen LogP contribution >= 0.6 is 0 Å². The zero-order valence-electron chi connectivity index (χ0n) is 12.3. The van der Waals surface area contributed by atoms with E-state index in [1.807, 2.05) is 13.8 Å². The third-order valence-corrected chi connectivity index (χ3v) is 5.21. The summed E-state index contributed by atoms with van der Waals surface area (Å²) in [5, 5.41) is 3.31. The van der Waals surface area contributed by atoms with Crippen LogP contribution in [-0.4, -0.2) is 56.4 Å². The maximum atomic E-state index is 11.6. The molecule has 1 aliphatic rings. The lowest BCUT2D eigenvalue weighted by molar-refractivity contribution is -0.0696. The summed E-state index contributed by atoms with van der Waals surface area (Å²) in [7, 11) is -0.0127. The molecule has 1 aliphatic heterocycles. The number of rotatable bonds is 5. The fourth-order valence-electron chi connectivity index (χ4n) is 2.42. The Morgan fingerprint density at radius 2 is 1.83 bits per heavy atom. The minimum atomic E-state index is -3.13. The van der Waals surface area contributed by atoms with Crippen molar-refractivity contribution in [2.24, 2.45) is 0 Å². The van der Waals surface area contributed by atoms with Crippen LogP contribution < -0.4 is 5.32 Å². The Kier molecular flexibility index (Phi) is 4.48. The molecule has 1 atom stereocenters. The van der Waals surface area contributed by atoms with Crippen molar-refractivity contribution in [2.75, 3.05) is 26.4 Å². The van der Waals surface area contributed by atoms with E-state index >= 15 is 0 Å². The van der Waals surface area contributed by atoms with E-state index in [-0.39, 0.29) is 23.0 Å². The number of hydrogen-bond donors (Lipinski definition) is 1. The second-order valence-electron chi connectivity index (χ2n) is 6.27. The Morgan fingerprint density at radius 3 is 2.22 bits per heavy atom. The molecule has 0 bridgehead atoms. The molecular formula is C12H26N2O3S. The number of hydrogen-bond acceptors (Lipinski definition) is 4. The van der Waals surface area contributed by atoms with Gasteiger partial charge in [0.05, 0.1) is 17.0 Å². The van der Waals surface area contributed by atoms with Gasteiger partial charge in [-0.25, -0.2) is 12.7 Å². The van der Waals surface area contributed by atoms with Gasteiger partial charge in [-0.1, -0.05) is 0 Å². The molecule has 5 nitrogen and oxygen atoms in total. The third kappa shape index (κ3) is 3.91. The average molecular weight is 278 g/mol. The highest BCUT2D eigenvalue weighted by molar-refractivity contribution is 7.89. The van der Waals surface area contributed by atoms with Gasteiger partial charge in [0, 0.05) is 26.7 Å². The van der Waals surface area contributed by atoms with Crippen LogP contribution in [0.25, 0.3) is 0 Å². The van der Waals surface area contributed by atoms with E-state index in [4.69, 9.17) is 4.74 Å². The SMILES string of the molecule is CN(C)S(=O)(=O)CCNC1CC(C)(C)OC1(C)C. The molecule has 1 unspecified atom stereocenters. The lowest BCUT2D eigenvalue weighted by atomic mass is 9.94. The van der Waals surface area contributed by atoms with Gasteiger partial charge in [-0.15, -0.1) is 0 Å². The molecule has 0 aromatic heterocycles. The highest BCUT2D eigenvalue weighted by atomic mass is 32.2. The number of sulfonamides is 1. The van der Waals surface area contributed by atoms with Gasteiger partial charge in [-0.3, -0.25) is 0 Å². The minimum absolute atomic E-state index is 0.118. The summed E-state index contributed by atoms with van der Waals surface area (Å²) in [6, 6.07) is 0.185. The first-order valence-corrected chi connectivity index (χ1v) is 7.91. The Bertz CT molecular complexity index is 388. The van der Waals surface area contributed by atoms with Crippen molar-refractivity contribution in [1.29, 1.82) is 0 Å². The summed E-state index contributed by atoms with van der Waals surface area (Å²) >= 11 is 0. The summed E-state index contributed by atoms with van der Waals surface area (Å²) in [6.07, 6.45) is 0.891. The van der Waals surface area contributed by atoms with E-state index in [2.05, 4.69) is 19.2 Å². The van der Waals surface area contributed by atoms with Crippen LogP contribution in [0.5, 0.6) is 0 Å². The van der Waals surface area contributed by atoms with Crippen molar-refractivity contribution in [3.8, 4) is 0 Å². The van der Waals surface area contributed by atoms with E-state index in [0.717, 1.165) is 6.42 Å². The standard InChI is InChI=1S/C12H26N2O3S/c1-11(2)9-10(12(3,4)17-11)13-7-8-18(15,16)14(5)6/h10,13H,7-9H2,1-6H3. The molecule has 0 radical (unpaired) electrons. The first kappa shape index (κ1) is 15.9. The normalized spacial score (nSPS) is 26.7. The molecule has 1 saturated heterocycles. The molecule has 1 N–H and O–H groups in total. The van der Waals surface area contributed by atoms with E-state index in [1.165, 1.54) is 4.31 Å². The minimum Gasteiger partial charge on any atom is -0.368 e. The maximum absolute atomic E-state index is 11.6. The maximum Gasteiger partial charge on any atom is 0.214 e. The zero-order valence-corrected chi connectivity index (χ0v) is 13.1. The lowest BCUT2D eigenvalue weighted by Crippen LogP contribution is -2.45. The highest BCUT2D eigenvalue weighted by Crippen LogP contribution is 2.37. The summed E-state index contributed by atoms with van der Waals surface area (Å²) in [5.74, 6) is 0.118. The van der Waals surface area contributed by atoms with E-state index in [9.17, 15) is 8.42 Å². The molecule has 1 fully saturated rings. The first-order chi connectivity index (χ1) is 7.96. The quantitative estimate of drug-likeness (QED) is 0.808. The molecule has 0 aliphatic carbocycles. The predicted octanol–water partition coefficient (Wildman–Crippen LogP) is 0.814. The molecule has 0 saturated carbocycles. The molecular weight excluding hydrogens is 252 g/mol. The molecule has 0 aromatic rings. The predicted molar refractivity (Wildman–Crippen MR) is 73.1 cm³/mol. The molecule has 18 heavy (non-hydrogen) atoms. The van der Waals surface area contributed by atoms with Crippen LogP contribution in [0.3, 0.4) is 0 Å². The van der Waals surface area contributed by atoms with Crippen molar-refractivity contribution < 1.29 is 13.2 Å². The first-order valence-electron chi connectivity index (χ1n) is 6.30. The monoisotopic (exact) mass is 278 g/mol. The van der Waals surface area contributed by atoms with Gasteiger partial charge < -0.3 is 10.1 Å². The van der Waals surface area contributed by atoms with Crippen LogP contribution in [0.4, 0.5) is 0 Å².